The number of hydrogen-bond acceptors (Lipinski definition) is 2. The Labute approximate surface area is 81.9 Å². The Morgan fingerprint density at radius 3 is 1.54 bits per heavy atom. The third-order valence-electron chi connectivity index (χ3n) is 3.30. The van der Waals surface area contributed by atoms with Crippen molar-refractivity contribution < 1.29 is 0 Å². The topological polar surface area (TPSA) is 6.48 Å². The van der Waals surface area contributed by atoms with Crippen LogP contribution in [0.2, 0.25) is 0 Å². The van der Waals surface area contributed by atoms with Crippen molar-refractivity contribution in [2.24, 2.45) is 0 Å². The molecule has 0 radical (unpaired) electrons. The standard InChI is InChI=1S/C11H22N2/c1-2-4-7-12-9-6-10-13(11-12)8-5-3-1/h1-11H2. The molecule has 0 amide bonds. The van der Waals surface area contributed by atoms with E-state index in [1.54, 1.807) is 0 Å². The molecule has 2 bridgehead atoms. The van der Waals surface area contributed by atoms with Crippen LogP contribution in [0, 0.1) is 0 Å². The van der Waals surface area contributed by atoms with Crippen LogP contribution in [0.5, 0.6) is 0 Å². The van der Waals surface area contributed by atoms with Crippen LogP contribution in [0.1, 0.15) is 38.5 Å². The van der Waals surface area contributed by atoms with Gasteiger partial charge in [-0.1, -0.05) is 19.3 Å². The van der Waals surface area contributed by atoms with Crippen molar-refractivity contribution in [3.8, 4) is 0 Å². The fourth-order valence-corrected chi connectivity index (χ4v) is 2.51. The third-order valence-corrected chi connectivity index (χ3v) is 3.30. The molecule has 2 fully saturated rings. The highest BCUT2D eigenvalue weighted by Crippen LogP contribution is 2.13. The first kappa shape index (κ1) is 9.47. The Balaban J connectivity index is 1.83. The SMILES string of the molecule is C1CCCN2CCCN(CCC1)C2. The van der Waals surface area contributed by atoms with Crippen LogP contribution in [0.3, 0.4) is 0 Å². The van der Waals surface area contributed by atoms with Crippen molar-refractivity contribution in [1.82, 2.24) is 9.80 Å². The lowest BCUT2D eigenvalue weighted by Gasteiger charge is -2.36. The van der Waals surface area contributed by atoms with E-state index in [9.17, 15) is 0 Å². The largest absolute Gasteiger partial charge is 0.290 e. The highest BCUT2D eigenvalue weighted by atomic mass is 15.3. The molecular formula is C11H22N2. The minimum absolute atomic E-state index is 1.25. The van der Waals surface area contributed by atoms with Crippen LogP contribution in [0.15, 0.2) is 0 Å². The summed E-state index contributed by atoms with van der Waals surface area (Å²) in [7, 11) is 0. The van der Waals surface area contributed by atoms with Crippen LogP contribution in [-0.4, -0.2) is 42.6 Å². The van der Waals surface area contributed by atoms with Crippen molar-refractivity contribution in [3.05, 3.63) is 0 Å². The molecule has 2 aliphatic rings. The quantitative estimate of drug-likeness (QED) is 0.564. The van der Waals surface area contributed by atoms with E-state index in [1.807, 2.05) is 0 Å². The van der Waals surface area contributed by atoms with E-state index in [1.165, 1.54) is 71.4 Å². The molecule has 0 N–H and O–H groups in total. The van der Waals surface area contributed by atoms with Gasteiger partial charge in [-0.25, -0.2) is 0 Å². The molecule has 0 spiro atoms. The average Bonchev–Trinajstić information content (AvgIpc) is 2.17. The predicted molar refractivity (Wildman–Crippen MR) is 55.7 cm³/mol. The molecule has 2 aliphatic heterocycles. The van der Waals surface area contributed by atoms with Gasteiger partial charge in [0.05, 0.1) is 6.67 Å². The molecule has 0 aromatic carbocycles. The van der Waals surface area contributed by atoms with E-state index in [-0.39, 0.29) is 0 Å². The minimum Gasteiger partial charge on any atom is -0.290 e. The molecule has 2 saturated heterocycles. The smallest absolute Gasteiger partial charge is 0.0506 e. The molecule has 0 aromatic heterocycles. The van der Waals surface area contributed by atoms with Gasteiger partial charge in [-0.2, -0.15) is 0 Å². The summed E-state index contributed by atoms with van der Waals surface area (Å²) in [6.07, 6.45) is 8.61. The molecule has 2 unspecified atom stereocenters. The zero-order valence-electron chi connectivity index (χ0n) is 8.67. The highest BCUT2D eigenvalue weighted by Gasteiger charge is 2.16. The fraction of sp³-hybridized carbons (Fsp3) is 1.00. The minimum atomic E-state index is 1.25. The Bertz CT molecular complexity index is 133. The van der Waals surface area contributed by atoms with E-state index in [2.05, 4.69) is 9.80 Å². The Morgan fingerprint density at radius 1 is 0.462 bits per heavy atom. The summed E-state index contributed by atoms with van der Waals surface area (Å²) in [6.45, 7) is 6.62. The van der Waals surface area contributed by atoms with E-state index in [4.69, 9.17) is 0 Å². The van der Waals surface area contributed by atoms with Crippen LogP contribution >= 0.6 is 0 Å². The van der Waals surface area contributed by atoms with Gasteiger partial charge < -0.3 is 0 Å². The summed E-state index contributed by atoms with van der Waals surface area (Å²) < 4.78 is 0. The van der Waals surface area contributed by atoms with Crippen LogP contribution < -0.4 is 0 Å². The van der Waals surface area contributed by atoms with Gasteiger partial charge in [0.25, 0.3) is 0 Å². The van der Waals surface area contributed by atoms with Gasteiger partial charge in [-0.15, -0.1) is 0 Å². The average molecular weight is 182 g/mol. The first-order valence-electron chi connectivity index (χ1n) is 5.90. The third kappa shape index (κ3) is 2.96. The number of rotatable bonds is 0. The van der Waals surface area contributed by atoms with Crippen LogP contribution in [0.25, 0.3) is 0 Å². The molecule has 2 heteroatoms. The Hall–Kier alpha value is -0.0800. The van der Waals surface area contributed by atoms with Crippen molar-refractivity contribution in [2.45, 2.75) is 38.5 Å². The fourth-order valence-electron chi connectivity index (χ4n) is 2.51. The van der Waals surface area contributed by atoms with Gasteiger partial charge in [0.1, 0.15) is 0 Å². The lowest BCUT2D eigenvalue weighted by molar-refractivity contribution is 0.0797. The first-order chi connectivity index (χ1) is 6.45. The zero-order valence-corrected chi connectivity index (χ0v) is 8.67. The lowest BCUT2D eigenvalue weighted by atomic mass is 10.1. The van der Waals surface area contributed by atoms with Gasteiger partial charge in [0.2, 0.25) is 0 Å². The Morgan fingerprint density at radius 2 is 0.923 bits per heavy atom. The summed E-state index contributed by atoms with van der Waals surface area (Å²) in [4.78, 5) is 5.27. The van der Waals surface area contributed by atoms with Gasteiger partial charge in [0.15, 0.2) is 0 Å². The first-order valence-corrected chi connectivity index (χ1v) is 5.90. The number of hydrogen-bond donors (Lipinski definition) is 0. The van der Waals surface area contributed by atoms with Crippen LogP contribution in [-0.2, 0) is 0 Å². The second-order valence-electron chi connectivity index (χ2n) is 4.50. The molecule has 0 aliphatic carbocycles. The second kappa shape index (κ2) is 4.97. The molecule has 2 rings (SSSR count). The summed E-state index contributed by atoms with van der Waals surface area (Å²) in [5, 5.41) is 0. The number of nitrogens with zero attached hydrogens (tertiary/aromatic N) is 2. The van der Waals surface area contributed by atoms with Crippen molar-refractivity contribution in [3.63, 3.8) is 0 Å². The Kier molecular flexibility index (Phi) is 3.62. The van der Waals surface area contributed by atoms with E-state index in [0.717, 1.165) is 0 Å². The van der Waals surface area contributed by atoms with Gasteiger partial charge >= 0.3 is 0 Å². The molecule has 2 atom stereocenters. The maximum absolute atomic E-state index is 2.63. The molecule has 0 aromatic rings. The molecule has 0 saturated carbocycles. The van der Waals surface area contributed by atoms with Crippen LogP contribution in [0.4, 0.5) is 0 Å². The normalized spacial score (nSPS) is 36.9. The van der Waals surface area contributed by atoms with E-state index in [0.29, 0.717) is 0 Å². The predicted octanol–water partition coefficient (Wildman–Crippen LogP) is 1.92. The molecule has 2 nitrogen and oxygen atoms in total. The summed E-state index contributed by atoms with van der Waals surface area (Å²) in [5.74, 6) is 0. The zero-order chi connectivity index (χ0) is 8.93. The molecule has 13 heavy (non-hydrogen) atoms. The molecular weight excluding hydrogens is 160 g/mol. The van der Waals surface area contributed by atoms with Crippen molar-refractivity contribution in [1.29, 1.82) is 0 Å². The molecule has 2 heterocycles. The monoisotopic (exact) mass is 182 g/mol. The number of fused-ring (bicyclic) bond motifs is 2. The summed E-state index contributed by atoms with van der Waals surface area (Å²) in [5.41, 5.74) is 0. The summed E-state index contributed by atoms with van der Waals surface area (Å²) >= 11 is 0. The van der Waals surface area contributed by atoms with E-state index >= 15 is 0 Å². The van der Waals surface area contributed by atoms with Gasteiger partial charge in [-0.05, 0) is 32.4 Å². The maximum Gasteiger partial charge on any atom is 0.0506 e. The van der Waals surface area contributed by atoms with Crippen molar-refractivity contribution in [2.75, 3.05) is 32.8 Å². The lowest BCUT2D eigenvalue weighted by Crippen LogP contribution is -2.45. The highest BCUT2D eigenvalue weighted by molar-refractivity contribution is 4.69. The second-order valence-corrected chi connectivity index (χ2v) is 4.50. The maximum atomic E-state index is 2.63. The molecule has 76 valence electrons. The van der Waals surface area contributed by atoms with Crippen molar-refractivity contribution >= 4 is 0 Å². The van der Waals surface area contributed by atoms with Gasteiger partial charge in [-0.3, -0.25) is 9.80 Å². The van der Waals surface area contributed by atoms with E-state index < -0.39 is 0 Å². The summed E-state index contributed by atoms with van der Waals surface area (Å²) in [6, 6.07) is 0. The van der Waals surface area contributed by atoms with Gasteiger partial charge in [0, 0.05) is 13.1 Å².